The van der Waals surface area contributed by atoms with Gasteiger partial charge in [-0.2, -0.15) is 0 Å². The number of nitrogens with zero attached hydrogens (tertiary/aromatic N) is 2. The number of halogens is 1. The first kappa shape index (κ1) is 12.0. The Hall–Kier alpha value is -2.07. The number of rotatable bonds is 4. The number of nitrogens with one attached hydrogen (secondary N) is 2. The van der Waals surface area contributed by atoms with Crippen molar-refractivity contribution in [1.29, 1.82) is 0 Å². The smallest absolute Gasteiger partial charge is 0.142 e. The minimum atomic E-state index is 0.765. The fraction of sp³-hybridized carbons (Fsp3) is 0.143. The lowest BCUT2D eigenvalue weighted by atomic mass is 10.1. The number of aromatic nitrogens is 3. The van der Waals surface area contributed by atoms with Gasteiger partial charge in [-0.1, -0.05) is 23.7 Å². The molecule has 0 amide bonds. The molecular weight excluding hydrogens is 260 g/mol. The van der Waals surface area contributed by atoms with E-state index in [2.05, 4.69) is 20.3 Å². The van der Waals surface area contributed by atoms with E-state index < -0.39 is 0 Å². The van der Waals surface area contributed by atoms with Gasteiger partial charge in [0.15, 0.2) is 0 Å². The third-order valence-corrected chi connectivity index (χ3v) is 3.23. The van der Waals surface area contributed by atoms with Crippen molar-refractivity contribution < 1.29 is 0 Å². The van der Waals surface area contributed by atoms with Gasteiger partial charge in [-0.3, -0.25) is 0 Å². The zero-order valence-electron chi connectivity index (χ0n) is 10.2. The van der Waals surface area contributed by atoms with Crippen LogP contribution < -0.4 is 5.32 Å². The Balaban J connectivity index is 1.66. The fourth-order valence-electron chi connectivity index (χ4n) is 1.99. The number of benzene rings is 1. The van der Waals surface area contributed by atoms with E-state index in [4.69, 9.17) is 11.6 Å². The van der Waals surface area contributed by atoms with Gasteiger partial charge < -0.3 is 10.3 Å². The van der Waals surface area contributed by atoms with Crippen molar-refractivity contribution in [2.75, 3.05) is 11.9 Å². The molecule has 0 fully saturated rings. The molecule has 2 N–H and O–H groups in total. The van der Waals surface area contributed by atoms with Gasteiger partial charge in [0.2, 0.25) is 0 Å². The average Bonchev–Trinajstić information content (AvgIpc) is 2.90. The van der Waals surface area contributed by atoms with Crippen molar-refractivity contribution in [2.45, 2.75) is 6.42 Å². The topological polar surface area (TPSA) is 53.6 Å². The highest BCUT2D eigenvalue weighted by Gasteiger charge is 2.03. The summed E-state index contributed by atoms with van der Waals surface area (Å²) in [5, 5.41) is 5.11. The molecule has 3 aromatic rings. The first-order valence-corrected chi connectivity index (χ1v) is 6.47. The average molecular weight is 273 g/mol. The molecule has 2 heterocycles. The number of H-pyrrole nitrogens is 1. The molecule has 5 heteroatoms. The van der Waals surface area contributed by atoms with Crippen LogP contribution in [-0.4, -0.2) is 21.5 Å². The molecule has 4 nitrogen and oxygen atoms in total. The molecule has 0 saturated heterocycles. The van der Waals surface area contributed by atoms with E-state index in [1.165, 1.54) is 5.56 Å². The molecule has 0 aliphatic carbocycles. The third-order valence-electron chi connectivity index (χ3n) is 2.97. The molecule has 19 heavy (non-hydrogen) atoms. The summed E-state index contributed by atoms with van der Waals surface area (Å²) >= 11 is 5.86. The molecule has 3 rings (SSSR count). The number of anilines is 1. The second-order valence-corrected chi connectivity index (χ2v) is 4.70. The molecule has 0 atom stereocenters. The van der Waals surface area contributed by atoms with Crippen LogP contribution in [0.25, 0.3) is 11.0 Å². The van der Waals surface area contributed by atoms with Crippen LogP contribution in [0, 0.1) is 0 Å². The molecule has 0 bridgehead atoms. The molecule has 96 valence electrons. The summed E-state index contributed by atoms with van der Waals surface area (Å²) in [5.74, 6) is 0.861. The number of fused-ring (bicyclic) bond motifs is 1. The molecule has 1 aromatic carbocycles. The van der Waals surface area contributed by atoms with Crippen molar-refractivity contribution in [3.05, 3.63) is 53.4 Å². The Labute approximate surface area is 115 Å². The van der Waals surface area contributed by atoms with Crippen molar-refractivity contribution >= 4 is 28.5 Å². The van der Waals surface area contributed by atoms with Crippen LogP contribution in [0.2, 0.25) is 5.02 Å². The summed E-state index contributed by atoms with van der Waals surface area (Å²) in [6.45, 7) is 0.818. The summed E-state index contributed by atoms with van der Waals surface area (Å²) in [7, 11) is 0. The molecule has 0 unspecified atom stereocenters. The van der Waals surface area contributed by atoms with Crippen molar-refractivity contribution in [3.8, 4) is 0 Å². The van der Waals surface area contributed by atoms with Crippen LogP contribution in [0.1, 0.15) is 5.56 Å². The Kier molecular flexibility index (Phi) is 3.33. The third kappa shape index (κ3) is 2.69. The molecular formula is C14H13ClN4. The minimum absolute atomic E-state index is 0.765. The Morgan fingerprint density at radius 2 is 1.95 bits per heavy atom. The van der Waals surface area contributed by atoms with Gasteiger partial charge in [-0.25, -0.2) is 9.97 Å². The lowest BCUT2D eigenvalue weighted by Gasteiger charge is -2.06. The van der Waals surface area contributed by atoms with Crippen molar-refractivity contribution in [2.24, 2.45) is 0 Å². The molecule has 0 aliphatic rings. The zero-order chi connectivity index (χ0) is 13.1. The molecule has 2 aromatic heterocycles. The van der Waals surface area contributed by atoms with E-state index >= 15 is 0 Å². The maximum atomic E-state index is 5.86. The van der Waals surface area contributed by atoms with E-state index in [-0.39, 0.29) is 0 Å². The normalized spacial score (nSPS) is 10.8. The fourth-order valence-corrected chi connectivity index (χ4v) is 2.12. The van der Waals surface area contributed by atoms with Crippen LogP contribution in [0.15, 0.2) is 42.9 Å². The minimum Gasteiger partial charge on any atom is -0.369 e. The lowest BCUT2D eigenvalue weighted by molar-refractivity contribution is 1.01. The first-order chi connectivity index (χ1) is 9.33. The van der Waals surface area contributed by atoms with Crippen molar-refractivity contribution in [3.63, 3.8) is 0 Å². The van der Waals surface area contributed by atoms with Crippen LogP contribution >= 0.6 is 11.6 Å². The van der Waals surface area contributed by atoms with Gasteiger partial charge in [0.05, 0.1) is 5.39 Å². The van der Waals surface area contributed by atoms with Crippen LogP contribution in [0.3, 0.4) is 0 Å². The maximum absolute atomic E-state index is 5.86. The molecule has 0 saturated carbocycles. The summed E-state index contributed by atoms with van der Waals surface area (Å²) in [4.78, 5) is 11.5. The Bertz CT molecular complexity index is 675. The molecule has 0 spiro atoms. The van der Waals surface area contributed by atoms with Gasteiger partial charge in [0.1, 0.15) is 17.8 Å². The van der Waals surface area contributed by atoms with E-state index in [1.54, 1.807) is 6.33 Å². The lowest BCUT2D eigenvalue weighted by Crippen LogP contribution is -2.06. The van der Waals surface area contributed by atoms with Gasteiger partial charge in [0.25, 0.3) is 0 Å². The number of hydrogen-bond donors (Lipinski definition) is 2. The number of aromatic amines is 1. The van der Waals surface area contributed by atoms with Crippen molar-refractivity contribution in [1.82, 2.24) is 15.0 Å². The second kappa shape index (κ2) is 5.28. The monoisotopic (exact) mass is 272 g/mol. The van der Waals surface area contributed by atoms with Gasteiger partial charge in [-0.15, -0.1) is 0 Å². The largest absolute Gasteiger partial charge is 0.369 e. The maximum Gasteiger partial charge on any atom is 0.142 e. The van der Waals surface area contributed by atoms with Crippen LogP contribution in [0.5, 0.6) is 0 Å². The summed E-state index contributed by atoms with van der Waals surface area (Å²) < 4.78 is 0. The van der Waals surface area contributed by atoms with Crippen LogP contribution in [0.4, 0.5) is 5.82 Å². The first-order valence-electron chi connectivity index (χ1n) is 6.09. The standard InChI is InChI=1S/C14H13ClN4/c15-11-3-1-10(2-4-11)5-7-16-13-12-6-8-17-14(12)19-9-18-13/h1-4,6,8-9H,5,7H2,(H2,16,17,18,19). The Morgan fingerprint density at radius 1 is 1.11 bits per heavy atom. The highest BCUT2D eigenvalue weighted by molar-refractivity contribution is 6.30. The summed E-state index contributed by atoms with van der Waals surface area (Å²) in [6.07, 6.45) is 4.35. The summed E-state index contributed by atoms with van der Waals surface area (Å²) in [5.41, 5.74) is 2.10. The summed E-state index contributed by atoms with van der Waals surface area (Å²) in [6, 6.07) is 9.86. The van der Waals surface area contributed by atoms with E-state index in [9.17, 15) is 0 Å². The van der Waals surface area contributed by atoms with E-state index in [0.717, 1.165) is 34.8 Å². The quantitative estimate of drug-likeness (QED) is 0.766. The highest BCUT2D eigenvalue weighted by atomic mass is 35.5. The predicted octanol–water partition coefficient (Wildman–Crippen LogP) is 3.27. The molecule has 0 radical (unpaired) electrons. The van der Waals surface area contributed by atoms with E-state index in [1.807, 2.05) is 36.5 Å². The predicted molar refractivity (Wildman–Crippen MR) is 77.5 cm³/mol. The van der Waals surface area contributed by atoms with E-state index in [0.29, 0.717) is 0 Å². The molecule has 0 aliphatic heterocycles. The van der Waals surface area contributed by atoms with Crippen LogP contribution in [-0.2, 0) is 6.42 Å². The van der Waals surface area contributed by atoms with Gasteiger partial charge in [0, 0.05) is 17.8 Å². The number of hydrogen-bond acceptors (Lipinski definition) is 3. The second-order valence-electron chi connectivity index (χ2n) is 4.27. The van der Waals surface area contributed by atoms with Gasteiger partial charge in [-0.05, 0) is 30.2 Å². The zero-order valence-corrected chi connectivity index (χ0v) is 11.0. The van der Waals surface area contributed by atoms with Gasteiger partial charge >= 0.3 is 0 Å². The SMILES string of the molecule is Clc1ccc(CCNc2ncnc3[nH]ccc23)cc1. The highest BCUT2D eigenvalue weighted by Crippen LogP contribution is 2.17. The Morgan fingerprint density at radius 3 is 2.79 bits per heavy atom.